The number of carbonyl (C=O) groups excluding carboxylic acids is 2. The number of hydrogen-bond acceptors (Lipinski definition) is 6. The third-order valence-corrected chi connectivity index (χ3v) is 4.19. The van der Waals surface area contributed by atoms with Gasteiger partial charge in [-0.25, -0.2) is 14.8 Å². The maximum absolute atomic E-state index is 12.7. The van der Waals surface area contributed by atoms with E-state index >= 15 is 0 Å². The van der Waals surface area contributed by atoms with Crippen LogP contribution in [-0.4, -0.2) is 28.5 Å². The van der Waals surface area contributed by atoms with Crippen LogP contribution in [0.4, 0.5) is 17.3 Å². The van der Waals surface area contributed by atoms with Gasteiger partial charge in [-0.3, -0.25) is 4.79 Å². The first-order chi connectivity index (χ1) is 14.0. The molecule has 0 saturated heterocycles. The van der Waals surface area contributed by atoms with Crippen LogP contribution < -0.4 is 10.6 Å². The fraction of sp³-hybridized carbons (Fsp3) is 0.182. The highest BCUT2D eigenvalue weighted by molar-refractivity contribution is 6.07. The van der Waals surface area contributed by atoms with E-state index in [1.54, 1.807) is 31.2 Å². The predicted molar refractivity (Wildman–Crippen MR) is 112 cm³/mol. The number of benzene rings is 2. The number of aryl methyl sites for hydroxylation is 2. The molecule has 1 aromatic heterocycles. The molecule has 2 aromatic carbocycles. The molecule has 0 spiro atoms. The number of esters is 1. The number of anilines is 3. The first kappa shape index (κ1) is 20.0. The van der Waals surface area contributed by atoms with Crippen molar-refractivity contribution in [1.82, 2.24) is 9.97 Å². The minimum Gasteiger partial charge on any atom is -0.462 e. The standard InChI is InChI=1S/C22H22N4O3/c1-4-29-21(28)16-7-5-6-8-18(16)24-20(27)19-11-12-23-22(26-19)25-17-10-9-14(2)13-15(17)3/h5-13H,4H2,1-3H3,(H,24,27)(H,23,25,26). The highest BCUT2D eigenvalue weighted by Crippen LogP contribution is 2.20. The van der Waals surface area contributed by atoms with Crippen LogP contribution in [0, 0.1) is 13.8 Å². The summed E-state index contributed by atoms with van der Waals surface area (Å²) in [5.41, 5.74) is 3.88. The number of aromatic nitrogens is 2. The summed E-state index contributed by atoms with van der Waals surface area (Å²) >= 11 is 0. The quantitative estimate of drug-likeness (QED) is 0.611. The zero-order chi connectivity index (χ0) is 20.8. The Bertz CT molecular complexity index is 1050. The van der Waals surface area contributed by atoms with Crippen LogP contribution in [-0.2, 0) is 4.74 Å². The molecule has 29 heavy (non-hydrogen) atoms. The third-order valence-electron chi connectivity index (χ3n) is 4.19. The van der Waals surface area contributed by atoms with Gasteiger partial charge in [-0.05, 0) is 50.6 Å². The van der Waals surface area contributed by atoms with Gasteiger partial charge in [-0.2, -0.15) is 0 Å². The number of hydrogen-bond donors (Lipinski definition) is 2. The average molecular weight is 390 g/mol. The number of amides is 1. The molecule has 1 heterocycles. The van der Waals surface area contributed by atoms with Crippen molar-refractivity contribution in [2.45, 2.75) is 20.8 Å². The van der Waals surface area contributed by atoms with Crippen molar-refractivity contribution in [3.05, 3.63) is 77.1 Å². The second kappa shape index (κ2) is 8.97. The largest absolute Gasteiger partial charge is 0.462 e. The molecule has 3 rings (SSSR count). The average Bonchev–Trinajstić information content (AvgIpc) is 2.71. The fourth-order valence-corrected chi connectivity index (χ4v) is 2.78. The van der Waals surface area contributed by atoms with Gasteiger partial charge in [0.1, 0.15) is 5.69 Å². The summed E-state index contributed by atoms with van der Waals surface area (Å²) < 4.78 is 5.04. The Morgan fingerprint density at radius 3 is 2.59 bits per heavy atom. The van der Waals surface area contributed by atoms with Gasteiger partial charge in [0, 0.05) is 11.9 Å². The number of carbonyl (C=O) groups is 2. The SMILES string of the molecule is CCOC(=O)c1ccccc1NC(=O)c1ccnc(Nc2ccc(C)cc2C)n1. The highest BCUT2D eigenvalue weighted by Gasteiger charge is 2.16. The monoisotopic (exact) mass is 390 g/mol. The van der Waals surface area contributed by atoms with Gasteiger partial charge in [0.2, 0.25) is 5.95 Å². The first-order valence-corrected chi connectivity index (χ1v) is 9.22. The topological polar surface area (TPSA) is 93.2 Å². The van der Waals surface area contributed by atoms with E-state index in [9.17, 15) is 9.59 Å². The zero-order valence-electron chi connectivity index (χ0n) is 16.5. The normalized spacial score (nSPS) is 10.3. The summed E-state index contributed by atoms with van der Waals surface area (Å²) in [6.45, 7) is 5.98. The minimum atomic E-state index is -0.497. The van der Waals surface area contributed by atoms with Crippen molar-refractivity contribution in [3.8, 4) is 0 Å². The lowest BCUT2D eigenvalue weighted by Crippen LogP contribution is -2.17. The van der Waals surface area contributed by atoms with E-state index in [0.717, 1.165) is 16.8 Å². The second-order valence-electron chi connectivity index (χ2n) is 6.43. The highest BCUT2D eigenvalue weighted by atomic mass is 16.5. The van der Waals surface area contributed by atoms with Crippen molar-refractivity contribution in [2.75, 3.05) is 17.2 Å². The molecule has 0 bridgehead atoms. The minimum absolute atomic E-state index is 0.172. The summed E-state index contributed by atoms with van der Waals surface area (Å²) in [5, 5.41) is 5.85. The molecular formula is C22H22N4O3. The molecule has 0 atom stereocenters. The zero-order valence-corrected chi connectivity index (χ0v) is 16.5. The van der Waals surface area contributed by atoms with Crippen LogP contribution >= 0.6 is 0 Å². The third kappa shape index (κ3) is 4.95. The van der Waals surface area contributed by atoms with Crippen molar-refractivity contribution in [3.63, 3.8) is 0 Å². The number of nitrogens with zero attached hydrogens (tertiary/aromatic N) is 2. The number of rotatable bonds is 6. The molecule has 0 radical (unpaired) electrons. The summed E-state index contributed by atoms with van der Waals surface area (Å²) in [7, 11) is 0. The second-order valence-corrected chi connectivity index (χ2v) is 6.43. The van der Waals surface area contributed by atoms with Gasteiger partial charge >= 0.3 is 5.97 Å². The Hall–Kier alpha value is -3.74. The number of nitrogens with one attached hydrogen (secondary N) is 2. The summed E-state index contributed by atoms with van der Waals surface area (Å²) in [6, 6.07) is 14.2. The van der Waals surface area contributed by atoms with E-state index in [1.165, 1.54) is 12.3 Å². The van der Waals surface area contributed by atoms with E-state index in [4.69, 9.17) is 4.74 Å². The molecule has 148 valence electrons. The van der Waals surface area contributed by atoms with Crippen LogP contribution in [0.25, 0.3) is 0 Å². The summed E-state index contributed by atoms with van der Waals surface area (Å²) in [5.74, 6) is -0.639. The first-order valence-electron chi connectivity index (χ1n) is 9.22. The number of ether oxygens (including phenoxy) is 1. The predicted octanol–water partition coefficient (Wildman–Crippen LogP) is 4.27. The van der Waals surface area contributed by atoms with Gasteiger partial charge in [0.15, 0.2) is 0 Å². The lowest BCUT2D eigenvalue weighted by molar-refractivity contribution is 0.0527. The molecule has 2 N–H and O–H groups in total. The maximum atomic E-state index is 12.7. The van der Waals surface area contributed by atoms with E-state index in [1.807, 2.05) is 32.0 Å². The van der Waals surface area contributed by atoms with Crippen molar-refractivity contribution < 1.29 is 14.3 Å². The van der Waals surface area contributed by atoms with Crippen molar-refractivity contribution >= 4 is 29.2 Å². The van der Waals surface area contributed by atoms with Crippen LogP contribution in [0.1, 0.15) is 38.9 Å². The Morgan fingerprint density at radius 2 is 1.83 bits per heavy atom. The molecule has 1 amide bonds. The molecule has 7 nitrogen and oxygen atoms in total. The van der Waals surface area contributed by atoms with E-state index in [0.29, 0.717) is 11.6 Å². The van der Waals surface area contributed by atoms with Gasteiger partial charge < -0.3 is 15.4 Å². The molecule has 3 aromatic rings. The van der Waals surface area contributed by atoms with Crippen LogP contribution in [0.2, 0.25) is 0 Å². The van der Waals surface area contributed by atoms with Gasteiger partial charge in [0.05, 0.1) is 17.9 Å². The molecule has 7 heteroatoms. The number of para-hydroxylation sites is 1. The lowest BCUT2D eigenvalue weighted by atomic mass is 10.1. The molecule has 0 unspecified atom stereocenters. The summed E-state index contributed by atoms with van der Waals surface area (Å²) in [4.78, 5) is 33.2. The van der Waals surface area contributed by atoms with Crippen LogP contribution in [0.3, 0.4) is 0 Å². The van der Waals surface area contributed by atoms with E-state index in [-0.39, 0.29) is 17.9 Å². The molecule has 0 saturated carbocycles. The molecule has 0 aliphatic carbocycles. The Labute approximate surface area is 169 Å². The molecule has 0 fully saturated rings. The molecule has 0 aliphatic heterocycles. The Morgan fingerprint density at radius 1 is 1.03 bits per heavy atom. The van der Waals surface area contributed by atoms with E-state index in [2.05, 4.69) is 20.6 Å². The molecular weight excluding hydrogens is 368 g/mol. The maximum Gasteiger partial charge on any atom is 0.340 e. The smallest absolute Gasteiger partial charge is 0.340 e. The van der Waals surface area contributed by atoms with Crippen LogP contribution in [0.15, 0.2) is 54.7 Å². The summed E-state index contributed by atoms with van der Waals surface area (Å²) in [6.07, 6.45) is 1.50. The lowest BCUT2D eigenvalue weighted by Gasteiger charge is -2.11. The molecule has 0 aliphatic rings. The fourth-order valence-electron chi connectivity index (χ4n) is 2.78. The van der Waals surface area contributed by atoms with Gasteiger partial charge in [-0.15, -0.1) is 0 Å². The van der Waals surface area contributed by atoms with Gasteiger partial charge in [-0.1, -0.05) is 29.8 Å². The van der Waals surface area contributed by atoms with Crippen molar-refractivity contribution in [2.24, 2.45) is 0 Å². The van der Waals surface area contributed by atoms with Crippen LogP contribution in [0.5, 0.6) is 0 Å². The Kier molecular flexibility index (Phi) is 6.19. The Balaban J connectivity index is 1.79. The van der Waals surface area contributed by atoms with Crippen molar-refractivity contribution in [1.29, 1.82) is 0 Å². The van der Waals surface area contributed by atoms with Gasteiger partial charge in [0.25, 0.3) is 5.91 Å². The van der Waals surface area contributed by atoms with E-state index < -0.39 is 11.9 Å².